The smallest absolute Gasteiger partial charge is 0.407 e. The summed E-state index contributed by atoms with van der Waals surface area (Å²) in [7, 11) is 1.63. The van der Waals surface area contributed by atoms with Gasteiger partial charge < -0.3 is 24.3 Å². The maximum absolute atomic E-state index is 13.9. The number of alkyl carbamates (subject to hydrolysis) is 1. The van der Waals surface area contributed by atoms with Crippen LogP contribution in [0.2, 0.25) is 0 Å². The number of methoxy groups -OCH3 is 1. The normalized spacial score (nSPS) is 16.9. The first kappa shape index (κ1) is 30.8. The fourth-order valence-electron chi connectivity index (χ4n) is 6.28. The molecule has 11 heteroatoms. The summed E-state index contributed by atoms with van der Waals surface area (Å²) in [5, 5.41) is 8.94. The molecule has 1 N–H and O–H groups in total. The Bertz CT molecular complexity index is 1790. The van der Waals surface area contributed by atoms with Crippen LogP contribution >= 0.6 is 11.3 Å². The average Bonchev–Trinajstić information content (AvgIpc) is 3.65. The number of aromatic nitrogens is 1. The Hall–Kier alpha value is -4.21. The fourth-order valence-corrected chi connectivity index (χ4v) is 7.61. The lowest BCUT2D eigenvalue weighted by Gasteiger charge is -2.33. The van der Waals surface area contributed by atoms with E-state index in [0.29, 0.717) is 43.3 Å². The third-order valence-corrected chi connectivity index (χ3v) is 9.66. The van der Waals surface area contributed by atoms with E-state index in [1.54, 1.807) is 23.3 Å². The van der Waals surface area contributed by atoms with Crippen LogP contribution in [0.1, 0.15) is 62.4 Å². The lowest BCUT2D eigenvalue weighted by molar-refractivity contribution is 0.0452. The van der Waals surface area contributed by atoms with Gasteiger partial charge in [-0.15, -0.1) is 11.3 Å². The molecule has 2 aliphatic rings. The Morgan fingerprint density at radius 1 is 1.16 bits per heavy atom. The van der Waals surface area contributed by atoms with Crippen molar-refractivity contribution in [3.05, 3.63) is 64.0 Å². The van der Waals surface area contributed by atoms with Crippen LogP contribution < -0.4 is 10.1 Å². The number of piperidine rings is 1. The lowest BCUT2D eigenvalue weighted by atomic mass is 10.0. The maximum atomic E-state index is 13.9. The Balaban J connectivity index is 1.37. The van der Waals surface area contributed by atoms with Gasteiger partial charge in [-0.2, -0.15) is 0 Å². The van der Waals surface area contributed by atoms with Gasteiger partial charge in [0.1, 0.15) is 11.4 Å². The van der Waals surface area contributed by atoms with Crippen molar-refractivity contribution in [1.29, 1.82) is 0 Å². The lowest BCUT2D eigenvalue weighted by Crippen LogP contribution is -2.50. The molecule has 10 nitrogen and oxygen atoms in total. The van der Waals surface area contributed by atoms with E-state index in [4.69, 9.17) is 15.0 Å². The molecule has 1 aliphatic carbocycles. The van der Waals surface area contributed by atoms with Crippen molar-refractivity contribution in [3.63, 3.8) is 0 Å². The van der Waals surface area contributed by atoms with Gasteiger partial charge in [0.25, 0.3) is 5.91 Å². The van der Waals surface area contributed by atoms with Crippen LogP contribution in [0.25, 0.3) is 42.0 Å². The number of thiophene rings is 1. The van der Waals surface area contributed by atoms with Crippen LogP contribution in [0.5, 0.6) is 5.75 Å². The van der Waals surface area contributed by atoms with E-state index in [2.05, 4.69) is 50.2 Å². The van der Waals surface area contributed by atoms with E-state index in [1.807, 2.05) is 32.9 Å². The number of rotatable bonds is 9. The zero-order valence-electron chi connectivity index (χ0n) is 26.3. The number of nitrogens with zero attached hydrogens (tertiary/aromatic N) is 5. The average molecular weight is 629 g/mol. The molecule has 2 aromatic carbocycles. The minimum atomic E-state index is -0.591. The number of benzene rings is 2. The molecule has 3 heterocycles. The van der Waals surface area contributed by atoms with Gasteiger partial charge in [-0.3, -0.25) is 4.79 Å². The van der Waals surface area contributed by atoms with Crippen molar-refractivity contribution in [1.82, 2.24) is 14.8 Å². The molecule has 1 saturated carbocycles. The molecular formula is C34H40N6O4S. The monoisotopic (exact) mass is 628 g/mol. The Labute approximate surface area is 266 Å². The number of fused-ring (bicyclic) bond motifs is 2. The van der Waals surface area contributed by atoms with Crippen molar-refractivity contribution >= 4 is 44.3 Å². The van der Waals surface area contributed by atoms with Gasteiger partial charge in [-0.1, -0.05) is 23.3 Å². The largest absolute Gasteiger partial charge is 0.496 e. The third-order valence-electron chi connectivity index (χ3n) is 8.46. The van der Waals surface area contributed by atoms with Crippen LogP contribution in [0.4, 0.5) is 4.79 Å². The summed E-state index contributed by atoms with van der Waals surface area (Å²) in [5.41, 5.74) is 12.4. The van der Waals surface area contributed by atoms with E-state index in [9.17, 15) is 9.59 Å². The molecule has 0 spiro atoms. The van der Waals surface area contributed by atoms with E-state index in [0.717, 1.165) is 45.6 Å². The quantitative estimate of drug-likeness (QED) is 0.115. The summed E-state index contributed by atoms with van der Waals surface area (Å²) in [6.45, 7) is 7.79. The first-order valence-electron chi connectivity index (χ1n) is 15.7. The zero-order chi connectivity index (χ0) is 31.7. The molecular weight excluding hydrogens is 588 g/mol. The number of carbonyl (C=O) groups excluding carboxylic acids is 2. The van der Waals surface area contributed by atoms with E-state index in [1.165, 1.54) is 23.7 Å². The summed E-state index contributed by atoms with van der Waals surface area (Å²) >= 11 is 1.65. The van der Waals surface area contributed by atoms with Gasteiger partial charge in [0.05, 0.1) is 17.7 Å². The highest BCUT2D eigenvalue weighted by Crippen LogP contribution is 2.46. The van der Waals surface area contributed by atoms with Crippen LogP contribution in [-0.4, -0.2) is 59.9 Å². The molecule has 0 bridgehead atoms. The van der Waals surface area contributed by atoms with Crippen molar-refractivity contribution < 1.29 is 19.1 Å². The number of nitrogens with one attached hydrogen (secondary N) is 1. The molecule has 6 rings (SSSR count). The number of amides is 2. The van der Waals surface area contributed by atoms with Crippen molar-refractivity contribution in [2.75, 3.05) is 26.7 Å². The van der Waals surface area contributed by atoms with Gasteiger partial charge in [0, 0.05) is 63.7 Å². The van der Waals surface area contributed by atoms with Gasteiger partial charge >= 0.3 is 6.09 Å². The second kappa shape index (κ2) is 12.7. The maximum Gasteiger partial charge on any atom is 0.407 e. The number of hydrogen-bond acceptors (Lipinski definition) is 6. The highest BCUT2D eigenvalue weighted by Gasteiger charge is 2.30. The Morgan fingerprint density at radius 2 is 1.96 bits per heavy atom. The Kier molecular flexibility index (Phi) is 8.66. The van der Waals surface area contributed by atoms with Crippen LogP contribution in [0, 0.1) is 5.92 Å². The van der Waals surface area contributed by atoms with Crippen molar-refractivity contribution in [3.8, 4) is 16.3 Å². The van der Waals surface area contributed by atoms with Crippen LogP contribution in [0.15, 0.2) is 47.6 Å². The molecule has 1 aliphatic heterocycles. The fraction of sp³-hybridized carbons (Fsp3) is 0.471. The number of ether oxygens (including phenoxy) is 2. The third kappa shape index (κ3) is 6.74. The van der Waals surface area contributed by atoms with Crippen molar-refractivity contribution in [2.24, 2.45) is 11.0 Å². The second-order valence-electron chi connectivity index (χ2n) is 13.0. The first-order valence-corrected chi connectivity index (χ1v) is 16.5. The van der Waals surface area contributed by atoms with Gasteiger partial charge in [-0.25, -0.2) is 4.79 Å². The van der Waals surface area contributed by atoms with Crippen LogP contribution in [-0.2, 0) is 17.7 Å². The number of carbonyl (C=O) groups is 2. The summed E-state index contributed by atoms with van der Waals surface area (Å²) in [5.74, 6) is 1.21. The highest BCUT2D eigenvalue weighted by molar-refractivity contribution is 7.22. The molecule has 4 aromatic rings. The summed E-state index contributed by atoms with van der Waals surface area (Å²) in [6, 6.07) is 14.3. The molecule has 236 valence electrons. The highest BCUT2D eigenvalue weighted by atomic mass is 32.1. The van der Waals surface area contributed by atoms with E-state index < -0.39 is 11.7 Å². The molecule has 0 radical (unpaired) electrons. The minimum absolute atomic E-state index is 0.0979. The second-order valence-corrected chi connectivity index (χ2v) is 14.1. The number of para-hydroxylation sites is 1. The van der Waals surface area contributed by atoms with Gasteiger partial charge in [0.2, 0.25) is 0 Å². The molecule has 2 fully saturated rings. The van der Waals surface area contributed by atoms with Crippen molar-refractivity contribution in [2.45, 2.75) is 71.1 Å². The first-order chi connectivity index (χ1) is 21.6. The number of likely N-dealkylation sites (tertiary alicyclic amines) is 1. The molecule has 1 unspecified atom stereocenters. The summed E-state index contributed by atoms with van der Waals surface area (Å²) in [6.07, 6.45) is 4.13. The van der Waals surface area contributed by atoms with Crippen LogP contribution in [0.3, 0.4) is 0 Å². The molecule has 1 saturated heterocycles. The standard InChI is InChI=1S/C34H40N6O4S/c1-34(2,3)44-33(42)37-24-9-7-15-39(20-24)32(41)23-17-28(43-4)30-25(13-14-36-38-35)31(45-29(30)18-23)27-16-22-8-5-6-10-26(22)40(27)19-21-11-12-21/h5-6,8,10,16-18,21,24H,7,9,11-15,19-20H2,1-4H3,(H,37,42). The summed E-state index contributed by atoms with van der Waals surface area (Å²) in [4.78, 5) is 32.2. The zero-order valence-corrected chi connectivity index (χ0v) is 27.2. The predicted octanol–water partition coefficient (Wildman–Crippen LogP) is 7.92. The number of hydrogen-bond donors (Lipinski definition) is 1. The molecule has 2 aromatic heterocycles. The number of azide groups is 1. The Morgan fingerprint density at radius 3 is 2.69 bits per heavy atom. The van der Waals surface area contributed by atoms with Gasteiger partial charge in [-0.05, 0) is 94.2 Å². The molecule has 45 heavy (non-hydrogen) atoms. The van der Waals surface area contributed by atoms with E-state index in [-0.39, 0.29) is 11.9 Å². The topological polar surface area (TPSA) is 122 Å². The summed E-state index contributed by atoms with van der Waals surface area (Å²) < 4.78 is 14.8. The van der Waals surface area contributed by atoms with Gasteiger partial charge in [0.15, 0.2) is 0 Å². The SMILES string of the molecule is COc1cc(C(=O)N2CCCC(NC(=O)OC(C)(C)C)C2)cc2sc(-c3cc4ccccc4n3CC3CC3)c(CCN=[N+]=[N-])c12. The molecule has 2 amide bonds. The van der Waals surface area contributed by atoms with E-state index >= 15 is 0 Å². The minimum Gasteiger partial charge on any atom is -0.496 e. The molecule has 1 atom stereocenters. The predicted molar refractivity (Wildman–Crippen MR) is 178 cm³/mol.